The van der Waals surface area contributed by atoms with Crippen molar-refractivity contribution in [1.29, 1.82) is 0 Å². The number of anilines is 1. The van der Waals surface area contributed by atoms with Gasteiger partial charge in [-0.15, -0.1) is 0 Å². The van der Waals surface area contributed by atoms with E-state index in [4.69, 9.17) is 14.2 Å². The molecule has 0 atom stereocenters. The molecule has 0 spiro atoms. The van der Waals surface area contributed by atoms with Gasteiger partial charge in [-0.2, -0.15) is 5.10 Å². The molecular formula is C16H20N4O5. The van der Waals surface area contributed by atoms with E-state index in [0.717, 1.165) is 4.57 Å². The fraction of sp³-hybridized carbons (Fsp3) is 0.312. The van der Waals surface area contributed by atoms with Crippen LogP contribution in [0.15, 0.2) is 32.9 Å². The molecule has 1 aromatic carbocycles. The molecule has 9 heteroatoms. The van der Waals surface area contributed by atoms with Gasteiger partial charge in [0.15, 0.2) is 11.5 Å². The minimum absolute atomic E-state index is 0.267. The summed E-state index contributed by atoms with van der Waals surface area (Å²) < 4.78 is 16.9. The van der Waals surface area contributed by atoms with Crippen LogP contribution in [0.1, 0.15) is 5.56 Å². The predicted octanol–water partition coefficient (Wildman–Crippen LogP) is 0.570. The lowest BCUT2D eigenvalue weighted by Gasteiger charge is -2.15. The van der Waals surface area contributed by atoms with E-state index in [1.807, 2.05) is 0 Å². The largest absolute Gasteiger partial charge is 0.493 e. The van der Waals surface area contributed by atoms with Crippen molar-refractivity contribution in [3.63, 3.8) is 0 Å². The van der Waals surface area contributed by atoms with Gasteiger partial charge in [-0.05, 0) is 12.1 Å². The van der Waals surface area contributed by atoms with Crippen LogP contribution in [-0.2, 0) is 7.05 Å². The van der Waals surface area contributed by atoms with Crippen LogP contribution in [0.3, 0.4) is 0 Å². The number of aromatic amines is 1. The summed E-state index contributed by atoms with van der Waals surface area (Å²) >= 11 is 0. The van der Waals surface area contributed by atoms with E-state index in [1.165, 1.54) is 45.7 Å². The molecule has 0 bridgehead atoms. The number of hydrogen-bond acceptors (Lipinski definition) is 7. The summed E-state index contributed by atoms with van der Waals surface area (Å²) in [4.78, 5) is 25.9. The third kappa shape index (κ3) is 3.65. The average Bonchev–Trinajstić information content (AvgIpc) is 2.62. The Morgan fingerprint density at radius 3 is 2.36 bits per heavy atom. The smallest absolute Gasteiger partial charge is 0.329 e. The van der Waals surface area contributed by atoms with Crippen LogP contribution < -0.4 is 30.5 Å². The van der Waals surface area contributed by atoms with Gasteiger partial charge in [0.2, 0.25) is 5.75 Å². The molecule has 1 aromatic heterocycles. The van der Waals surface area contributed by atoms with Gasteiger partial charge in [-0.3, -0.25) is 19.4 Å². The number of hydrazone groups is 1. The Morgan fingerprint density at radius 2 is 1.80 bits per heavy atom. The Balaban J connectivity index is 2.39. The topological polar surface area (TPSA) is 98.2 Å². The molecule has 2 aromatic rings. The van der Waals surface area contributed by atoms with Gasteiger partial charge in [0, 0.05) is 25.7 Å². The van der Waals surface area contributed by atoms with Gasteiger partial charge < -0.3 is 14.2 Å². The average molecular weight is 348 g/mol. The summed E-state index contributed by atoms with van der Waals surface area (Å²) in [7, 11) is 7.55. The van der Waals surface area contributed by atoms with Crippen LogP contribution in [0.4, 0.5) is 5.82 Å². The van der Waals surface area contributed by atoms with Gasteiger partial charge >= 0.3 is 5.69 Å². The third-order valence-electron chi connectivity index (χ3n) is 3.58. The first-order chi connectivity index (χ1) is 11.9. The molecule has 0 aliphatic heterocycles. The number of benzene rings is 1. The summed E-state index contributed by atoms with van der Waals surface area (Å²) in [5.41, 5.74) is -0.309. The van der Waals surface area contributed by atoms with E-state index in [-0.39, 0.29) is 5.82 Å². The summed E-state index contributed by atoms with van der Waals surface area (Å²) in [5.74, 6) is 1.69. The molecule has 0 aliphatic carbocycles. The van der Waals surface area contributed by atoms with E-state index in [9.17, 15) is 9.59 Å². The predicted molar refractivity (Wildman–Crippen MR) is 94.4 cm³/mol. The van der Waals surface area contributed by atoms with Crippen molar-refractivity contribution in [1.82, 2.24) is 9.55 Å². The maximum atomic E-state index is 11.7. The molecule has 25 heavy (non-hydrogen) atoms. The van der Waals surface area contributed by atoms with Crippen LogP contribution in [0, 0.1) is 0 Å². The molecule has 0 fully saturated rings. The van der Waals surface area contributed by atoms with Gasteiger partial charge in [0.05, 0.1) is 27.5 Å². The molecule has 0 saturated heterocycles. The summed E-state index contributed by atoms with van der Waals surface area (Å²) in [5, 5.41) is 5.60. The van der Waals surface area contributed by atoms with E-state index >= 15 is 0 Å². The number of methoxy groups -OCH3 is 3. The maximum Gasteiger partial charge on any atom is 0.329 e. The molecule has 0 saturated carbocycles. The third-order valence-corrected chi connectivity index (χ3v) is 3.58. The second-order valence-corrected chi connectivity index (χ2v) is 5.05. The lowest BCUT2D eigenvalue weighted by Crippen LogP contribution is -2.33. The normalized spacial score (nSPS) is 10.8. The molecule has 0 radical (unpaired) electrons. The molecule has 1 N–H and O–H groups in total. The monoisotopic (exact) mass is 348 g/mol. The Kier molecular flexibility index (Phi) is 5.48. The highest BCUT2D eigenvalue weighted by Crippen LogP contribution is 2.39. The SMILES string of the molecule is COc1ccc(C=NN(C)c2cc(=O)n(C)c(=O)[nH]2)c(OC)c1OC. The van der Waals surface area contributed by atoms with Crippen LogP contribution in [0.25, 0.3) is 0 Å². The quantitative estimate of drug-likeness (QED) is 0.605. The molecule has 0 unspecified atom stereocenters. The summed E-state index contributed by atoms with van der Waals surface area (Å²) in [6.07, 6.45) is 1.52. The van der Waals surface area contributed by atoms with Gasteiger partial charge in [-0.1, -0.05) is 0 Å². The van der Waals surface area contributed by atoms with Gasteiger partial charge in [0.1, 0.15) is 5.82 Å². The molecule has 1 heterocycles. The number of aromatic nitrogens is 2. The molecule has 9 nitrogen and oxygen atoms in total. The fourth-order valence-corrected chi connectivity index (χ4v) is 2.15. The van der Waals surface area contributed by atoms with Crippen molar-refractivity contribution in [2.24, 2.45) is 12.1 Å². The number of nitrogens with zero attached hydrogens (tertiary/aromatic N) is 3. The van der Waals surface area contributed by atoms with Crippen LogP contribution in [-0.4, -0.2) is 44.1 Å². The Labute approximate surface area is 144 Å². The maximum absolute atomic E-state index is 11.7. The molecular weight excluding hydrogens is 328 g/mol. The molecule has 0 amide bonds. The highest BCUT2D eigenvalue weighted by Gasteiger charge is 2.15. The number of rotatable bonds is 6. The van der Waals surface area contributed by atoms with E-state index in [2.05, 4.69) is 10.1 Å². The molecule has 2 rings (SSSR count). The first kappa shape index (κ1) is 18.1. The zero-order chi connectivity index (χ0) is 18.6. The minimum Gasteiger partial charge on any atom is -0.493 e. The Bertz CT molecular complexity index is 869. The first-order valence-electron chi connectivity index (χ1n) is 7.30. The summed E-state index contributed by atoms with van der Waals surface area (Å²) in [6, 6.07) is 4.76. The molecule has 134 valence electrons. The zero-order valence-electron chi connectivity index (χ0n) is 14.7. The van der Waals surface area contributed by atoms with Crippen molar-refractivity contribution < 1.29 is 14.2 Å². The second kappa shape index (κ2) is 7.56. The Hall–Kier alpha value is -3.23. The van der Waals surface area contributed by atoms with Crippen molar-refractivity contribution >= 4 is 12.0 Å². The van der Waals surface area contributed by atoms with E-state index in [0.29, 0.717) is 22.8 Å². The first-order valence-corrected chi connectivity index (χ1v) is 7.30. The van der Waals surface area contributed by atoms with Crippen molar-refractivity contribution in [3.05, 3.63) is 44.6 Å². The van der Waals surface area contributed by atoms with Crippen molar-refractivity contribution in [2.45, 2.75) is 0 Å². The van der Waals surface area contributed by atoms with Gasteiger partial charge in [0.25, 0.3) is 5.56 Å². The number of ether oxygens (including phenoxy) is 3. The highest BCUT2D eigenvalue weighted by atomic mass is 16.5. The van der Waals surface area contributed by atoms with Crippen LogP contribution >= 0.6 is 0 Å². The van der Waals surface area contributed by atoms with E-state index in [1.54, 1.807) is 19.2 Å². The van der Waals surface area contributed by atoms with E-state index < -0.39 is 11.2 Å². The van der Waals surface area contributed by atoms with Crippen LogP contribution in [0.5, 0.6) is 17.2 Å². The second-order valence-electron chi connectivity index (χ2n) is 5.05. The highest BCUT2D eigenvalue weighted by molar-refractivity contribution is 5.86. The lowest BCUT2D eigenvalue weighted by molar-refractivity contribution is 0.324. The fourth-order valence-electron chi connectivity index (χ4n) is 2.15. The summed E-state index contributed by atoms with van der Waals surface area (Å²) in [6.45, 7) is 0. The van der Waals surface area contributed by atoms with Crippen LogP contribution in [0.2, 0.25) is 0 Å². The zero-order valence-corrected chi connectivity index (χ0v) is 14.7. The number of nitrogens with one attached hydrogen (secondary N) is 1. The van der Waals surface area contributed by atoms with Crippen molar-refractivity contribution in [3.8, 4) is 17.2 Å². The molecule has 0 aliphatic rings. The number of H-pyrrole nitrogens is 1. The Morgan fingerprint density at radius 1 is 1.12 bits per heavy atom. The van der Waals surface area contributed by atoms with Gasteiger partial charge in [-0.25, -0.2) is 4.79 Å². The minimum atomic E-state index is -0.520. The number of hydrogen-bond donors (Lipinski definition) is 1. The standard InChI is InChI=1S/C16H20N4O5/c1-19-13(21)8-12(18-16(19)22)20(2)17-9-10-6-7-11(23-3)15(25-5)14(10)24-4/h6-9H,1-5H3,(H,18,22). The van der Waals surface area contributed by atoms with Crippen molar-refractivity contribution in [2.75, 3.05) is 33.4 Å². The lowest BCUT2D eigenvalue weighted by atomic mass is 10.2.